The Kier molecular flexibility index (Phi) is 5.12. The van der Waals surface area contributed by atoms with E-state index in [1.165, 1.54) is 0 Å². The zero-order chi connectivity index (χ0) is 15.6. The van der Waals surface area contributed by atoms with Crippen molar-refractivity contribution in [3.05, 3.63) is 22.7 Å². The van der Waals surface area contributed by atoms with Gasteiger partial charge in [0, 0.05) is 24.3 Å². The zero-order valence-corrected chi connectivity index (χ0v) is 13.9. The van der Waals surface area contributed by atoms with Gasteiger partial charge in [-0.1, -0.05) is 25.4 Å². The van der Waals surface area contributed by atoms with Crippen molar-refractivity contribution in [3.8, 4) is 0 Å². The number of benzene rings is 1. The van der Waals surface area contributed by atoms with Gasteiger partial charge in [-0.3, -0.25) is 4.79 Å². The van der Waals surface area contributed by atoms with Gasteiger partial charge in [-0.2, -0.15) is 0 Å². The van der Waals surface area contributed by atoms with Crippen molar-refractivity contribution in [2.45, 2.75) is 45.7 Å². The van der Waals surface area contributed by atoms with Crippen LogP contribution < -0.4 is 15.5 Å². The van der Waals surface area contributed by atoms with Crippen LogP contribution in [0.5, 0.6) is 0 Å². The summed E-state index contributed by atoms with van der Waals surface area (Å²) in [5.41, 5.74) is 2.77. The number of nitrogens with zero attached hydrogens (tertiary/aromatic N) is 1. The Balaban J connectivity index is 2.32. The number of halogens is 1. The molecule has 21 heavy (non-hydrogen) atoms. The van der Waals surface area contributed by atoms with Gasteiger partial charge < -0.3 is 15.5 Å². The average molecular weight is 310 g/mol. The minimum atomic E-state index is -0.291. The van der Waals surface area contributed by atoms with Crippen molar-refractivity contribution >= 4 is 28.9 Å². The van der Waals surface area contributed by atoms with Gasteiger partial charge in [0.05, 0.1) is 10.7 Å². The summed E-state index contributed by atoms with van der Waals surface area (Å²) in [5.74, 6) is -0.00198. The fraction of sp³-hybridized carbons (Fsp3) is 0.562. The summed E-state index contributed by atoms with van der Waals surface area (Å²) < 4.78 is 0. The molecule has 4 nitrogen and oxygen atoms in total. The number of nitrogens with one attached hydrogen (secondary N) is 2. The second-order valence-corrected chi connectivity index (χ2v) is 6.04. The number of rotatable bonds is 6. The van der Waals surface area contributed by atoms with Crippen molar-refractivity contribution in [1.82, 2.24) is 5.32 Å². The lowest BCUT2D eigenvalue weighted by molar-refractivity contribution is -0.117. The minimum absolute atomic E-state index is 0.00198. The van der Waals surface area contributed by atoms with E-state index in [1.54, 1.807) is 0 Å². The number of fused-ring (bicyclic) bond motifs is 1. The molecule has 0 bridgehead atoms. The van der Waals surface area contributed by atoms with Crippen LogP contribution in [0.15, 0.2) is 12.1 Å². The molecule has 1 heterocycles. The summed E-state index contributed by atoms with van der Waals surface area (Å²) >= 11 is 6.44. The molecule has 0 saturated carbocycles. The third-order valence-electron chi connectivity index (χ3n) is 4.18. The highest BCUT2D eigenvalue weighted by molar-refractivity contribution is 6.33. The van der Waals surface area contributed by atoms with E-state index in [9.17, 15) is 4.79 Å². The molecule has 0 radical (unpaired) electrons. The molecule has 2 rings (SSSR count). The molecule has 1 aliphatic rings. The molecule has 0 aromatic heterocycles. The molecule has 2 unspecified atom stereocenters. The van der Waals surface area contributed by atoms with Crippen LogP contribution in [0.3, 0.4) is 0 Å². The van der Waals surface area contributed by atoms with Gasteiger partial charge in [0.25, 0.3) is 0 Å². The van der Waals surface area contributed by atoms with Gasteiger partial charge in [-0.25, -0.2) is 0 Å². The topological polar surface area (TPSA) is 44.4 Å². The minimum Gasteiger partial charge on any atom is -0.371 e. The SMILES string of the molecule is CCCNC1C(=O)Nc2cc(N(C)C(C)CC)c(Cl)cc21. The van der Waals surface area contributed by atoms with Crippen molar-refractivity contribution in [2.24, 2.45) is 0 Å². The van der Waals surface area contributed by atoms with E-state index in [0.717, 1.165) is 36.3 Å². The molecule has 0 spiro atoms. The average Bonchev–Trinajstić information content (AvgIpc) is 2.77. The lowest BCUT2D eigenvalue weighted by Crippen LogP contribution is -2.28. The number of amides is 1. The number of carbonyl (C=O) groups excluding carboxylic acids is 1. The van der Waals surface area contributed by atoms with E-state index in [2.05, 4.69) is 36.3 Å². The fourth-order valence-electron chi connectivity index (χ4n) is 2.54. The second kappa shape index (κ2) is 6.67. The van der Waals surface area contributed by atoms with Gasteiger partial charge in [-0.15, -0.1) is 0 Å². The summed E-state index contributed by atoms with van der Waals surface area (Å²) in [6.07, 6.45) is 2.03. The second-order valence-electron chi connectivity index (χ2n) is 5.64. The van der Waals surface area contributed by atoms with Crippen LogP contribution in [-0.4, -0.2) is 25.5 Å². The molecule has 2 atom stereocenters. The van der Waals surface area contributed by atoms with E-state index in [-0.39, 0.29) is 11.9 Å². The van der Waals surface area contributed by atoms with Crippen molar-refractivity contribution in [3.63, 3.8) is 0 Å². The van der Waals surface area contributed by atoms with Crippen LogP contribution in [0, 0.1) is 0 Å². The van der Waals surface area contributed by atoms with Crippen LogP contribution in [-0.2, 0) is 4.79 Å². The van der Waals surface area contributed by atoms with E-state index >= 15 is 0 Å². The maximum atomic E-state index is 12.1. The van der Waals surface area contributed by atoms with Crippen molar-refractivity contribution in [2.75, 3.05) is 23.8 Å². The normalized spacial score (nSPS) is 18.3. The van der Waals surface area contributed by atoms with Gasteiger partial charge in [-0.05, 0) is 38.4 Å². The fourth-order valence-corrected chi connectivity index (χ4v) is 2.85. The molecular weight excluding hydrogens is 286 g/mol. The zero-order valence-electron chi connectivity index (χ0n) is 13.2. The molecule has 2 N–H and O–H groups in total. The number of hydrogen-bond acceptors (Lipinski definition) is 3. The predicted octanol–water partition coefficient (Wildman–Crippen LogP) is 3.57. The highest BCUT2D eigenvalue weighted by Crippen LogP contribution is 2.39. The lowest BCUT2D eigenvalue weighted by Gasteiger charge is -2.27. The number of hydrogen-bond donors (Lipinski definition) is 2. The molecule has 0 saturated heterocycles. The Morgan fingerprint density at radius 2 is 2.14 bits per heavy atom. The summed E-state index contributed by atoms with van der Waals surface area (Å²) in [6, 6.07) is 4.00. The largest absolute Gasteiger partial charge is 0.371 e. The first kappa shape index (κ1) is 16.1. The molecule has 1 amide bonds. The molecule has 1 aliphatic heterocycles. The highest BCUT2D eigenvalue weighted by atomic mass is 35.5. The molecule has 0 fully saturated rings. The third kappa shape index (κ3) is 3.16. The van der Waals surface area contributed by atoms with E-state index in [0.29, 0.717) is 11.1 Å². The standard InChI is InChI=1S/C16H24ClN3O/c1-5-7-18-15-11-8-12(17)14(20(4)10(3)6-2)9-13(11)19-16(15)21/h8-10,15,18H,5-7H2,1-4H3,(H,19,21). The first-order valence-corrected chi connectivity index (χ1v) is 7.97. The van der Waals surface area contributed by atoms with E-state index in [4.69, 9.17) is 11.6 Å². The molecular formula is C16H24ClN3O. The molecule has 0 aliphatic carbocycles. The van der Waals surface area contributed by atoms with Crippen LogP contribution in [0.1, 0.15) is 45.2 Å². The molecule has 1 aromatic rings. The quantitative estimate of drug-likeness (QED) is 0.844. The molecule has 1 aromatic carbocycles. The van der Waals surface area contributed by atoms with Crippen LogP contribution in [0.4, 0.5) is 11.4 Å². The third-order valence-corrected chi connectivity index (χ3v) is 4.48. The van der Waals surface area contributed by atoms with E-state index in [1.807, 2.05) is 19.2 Å². The Labute approximate surface area is 131 Å². The van der Waals surface area contributed by atoms with Crippen LogP contribution >= 0.6 is 11.6 Å². The number of carbonyl (C=O) groups is 1. The maximum absolute atomic E-state index is 12.1. The Hall–Kier alpha value is -1.26. The lowest BCUT2D eigenvalue weighted by atomic mass is 10.1. The van der Waals surface area contributed by atoms with Crippen molar-refractivity contribution in [1.29, 1.82) is 0 Å². The Morgan fingerprint density at radius 3 is 2.76 bits per heavy atom. The van der Waals surface area contributed by atoms with Crippen LogP contribution in [0.25, 0.3) is 0 Å². The Morgan fingerprint density at radius 1 is 1.43 bits per heavy atom. The van der Waals surface area contributed by atoms with Gasteiger partial charge in [0.15, 0.2) is 0 Å². The first-order chi connectivity index (χ1) is 9.99. The number of anilines is 2. The molecule has 5 heteroatoms. The summed E-state index contributed by atoms with van der Waals surface area (Å²) in [6.45, 7) is 7.20. The van der Waals surface area contributed by atoms with Gasteiger partial charge in [0.1, 0.15) is 6.04 Å². The first-order valence-electron chi connectivity index (χ1n) is 7.60. The summed E-state index contributed by atoms with van der Waals surface area (Å²) in [4.78, 5) is 14.2. The van der Waals surface area contributed by atoms with Gasteiger partial charge >= 0.3 is 0 Å². The van der Waals surface area contributed by atoms with Gasteiger partial charge in [0.2, 0.25) is 5.91 Å². The maximum Gasteiger partial charge on any atom is 0.246 e. The smallest absolute Gasteiger partial charge is 0.246 e. The Bertz CT molecular complexity index is 532. The monoisotopic (exact) mass is 309 g/mol. The predicted molar refractivity (Wildman–Crippen MR) is 89.3 cm³/mol. The highest BCUT2D eigenvalue weighted by Gasteiger charge is 2.31. The summed E-state index contributed by atoms with van der Waals surface area (Å²) in [7, 11) is 2.03. The van der Waals surface area contributed by atoms with E-state index < -0.39 is 0 Å². The van der Waals surface area contributed by atoms with Crippen molar-refractivity contribution < 1.29 is 4.79 Å². The summed E-state index contributed by atoms with van der Waals surface area (Å²) in [5, 5.41) is 6.90. The van der Waals surface area contributed by atoms with Crippen LogP contribution in [0.2, 0.25) is 5.02 Å². The molecule has 116 valence electrons.